The van der Waals surface area contributed by atoms with Gasteiger partial charge in [0.1, 0.15) is 16.2 Å². The number of halogens is 2. The fourth-order valence-electron chi connectivity index (χ4n) is 1.91. The molecule has 0 fully saturated rings. The van der Waals surface area contributed by atoms with Gasteiger partial charge in [0, 0.05) is 17.6 Å². The zero-order valence-corrected chi connectivity index (χ0v) is 13.7. The van der Waals surface area contributed by atoms with E-state index in [-0.39, 0.29) is 21.2 Å². The fraction of sp³-hybridized carbons (Fsp3) is 0.417. The summed E-state index contributed by atoms with van der Waals surface area (Å²) in [6.45, 7) is 4.38. The molecule has 8 heteroatoms. The summed E-state index contributed by atoms with van der Waals surface area (Å²) in [5.74, 6) is -0.578. The Kier molecular flexibility index (Phi) is 4.94. The Bertz CT molecular complexity index is 637. The summed E-state index contributed by atoms with van der Waals surface area (Å²) in [7, 11) is 2.62. The summed E-state index contributed by atoms with van der Waals surface area (Å²) in [5, 5.41) is 0.206. The first-order chi connectivity index (χ1) is 9.00. The monoisotopic (exact) mass is 340 g/mol. The van der Waals surface area contributed by atoms with Crippen LogP contribution in [0.25, 0.3) is 0 Å². The lowest BCUT2D eigenvalue weighted by molar-refractivity contribution is -0.154. The van der Waals surface area contributed by atoms with Crippen molar-refractivity contribution < 1.29 is 22.7 Å². The second-order valence-corrected chi connectivity index (χ2v) is 7.44. The first-order valence-corrected chi connectivity index (χ1v) is 8.20. The van der Waals surface area contributed by atoms with Gasteiger partial charge in [0.15, 0.2) is 0 Å². The highest BCUT2D eigenvalue weighted by atomic mass is 35.7. The maximum Gasteiger partial charge on any atom is 0.303 e. The normalized spacial score (nSPS) is 12.1. The van der Waals surface area contributed by atoms with Crippen LogP contribution in [0.5, 0.6) is 5.75 Å². The van der Waals surface area contributed by atoms with Crippen LogP contribution in [0, 0.1) is 0 Å². The highest BCUT2D eigenvalue weighted by Crippen LogP contribution is 2.42. The molecule has 0 atom stereocenters. The average Bonchev–Trinajstić information content (AvgIpc) is 2.24. The third-order valence-electron chi connectivity index (χ3n) is 2.54. The van der Waals surface area contributed by atoms with Crippen LogP contribution in [-0.2, 0) is 24.2 Å². The molecule has 0 radical (unpaired) electrons. The van der Waals surface area contributed by atoms with Gasteiger partial charge in [-0.15, -0.1) is 0 Å². The van der Waals surface area contributed by atoms with Crippen molar-refractivity contribution in [3.05, 3.63) is 22.7 Å². The van der Waals surface area contributed by atoms with Gasteiger partial charge in [-0.05, 0) is 26.0 Å². The average molecular weight is 341 g/mol. The Morgan fingerprint density at radius 2 is 1.85 bits per heavy atom. The lowest BCUT2D eigenvalue weighted by atomic mass is 9.96. The Hall–Kier alpha value is -0.980. The molecule has 1 aromatic carbocycles. The number of hydrogen-bond acceptors (Lipinski definition) is 5. The molecule has 0 N–H and O–H groups in total. The highest BCUT2D eigenvalue weighted by Gasteiger charge is 2.34. The molecular weight excluding hydrogens is 327 g/mol. The second kappa shape index (κ2) is 5.79. The first kappa shape index (κ1) is 17.1. The van der Waals surface area contributed by atoms with Gasteiger partial charge in [-0.2, -0.15) is 0 Å². The molecular formula is C12H14Cl2O5S. The molecule has 0 saturated heterocycles. The largest absolute Gasteiger partial charge is 0.495 e. The van der Waals surface area contributed by atoms with Gasteiger partial charge in [-0.25, -0.2) is 8.42 Å². The maximum atomic E-state index is 11.6. The van der Waals surface area contributed by atoms with Crippen LogP contribution in [0.15, 0.2) is 17.0 Å². The Labute approximate surface area is 127 Å². The van der Waals surface area contributed by atoms with Crippen molar-refractivity contribution in [1.29, 1.82) is 0 Å². The predicted octanol–water partition coefficient (Wildman–Crippen LogP) is 3.07. The molecule has 0 aromatic heterocycles. The van der Waals surface area contributed by atoms with Crippen LogP contribution >= 0.6 is 22.3 Å². The lowest BCUT2D eigenvalue weighted by Gasteiger charge is -2.28. The van der Waals surface area contributed by atoms with E-state index in [0.29, 0.717) is 0 Å². The molecule has 0 bridgehead atoms. The minimum Gasteiger partial charge on any atom is -0.495 e. The van der Waals surface area contributed by atoms with E-state index in [0.717, 1.165) is 0 Å². The quantitative estimate of drug-likeness (QED) is 0.622. The molecule has 20 heavy (non-hydrogen) atoms. The molecule has 0 aliphatic carbocycles. The molecule has 0 aliphatic heterocycles. The maximum absolute atomic E-state index is 11.6. The Morgan fingerprint density at radius 1 is 1.30 bits per heavy atom. The van der Waals surface area contributed by atoms with Gasteiger partial charge < -0.3 is 9.47 Å². The van der Waals surface area contributed by atoms with E-state index < -0.39 is 20.6 Å². The topological polar surface area (TPSA) is 69.7 Å². The van der Waals surface area contributed by atoms with Crippen molar-refractivity contribution in [2.24, 2.45) is 0 Å². The van der Waals surface area contributed by atoms with Crippen LogP contribution in [0.2, 0.25) is 5.02 Å². The summed E-state index contributed by atoms with van der Waals surface area (Å²) >= 11 is 6.09. The molecule has 0 amide bonds. The van der Waals surface area contributed by atoms with E-state index in [2.05, 4.69) is 0 Å². The van der Waals surface area contributed by atoms with Crippen molar-refractivity contribution in [3.8, 4) is 5.75 Å². The molecule has 5 nitrogen and oxygen atoms in total. The number of benzene rings is 1. The van der Waals surface area contributed by atoms with Crippen LogP contribution in [0.1, 0.15) is 26.3 Å². The summed E-state index contributed by atoms with van der Waals surface area (Å²) < 4.78 is 33.4. The SMILES string of the molecule is COc1c(S(=O)(=O)Cl)ccc(Cl)c1C(C)(C)OC(C)=O. The van der Waals surface area contributed by atoms with Gasteiger partial charge in [-0.3, -0.25) is 4.79 Å². The molecule has 1 aromatic rings. The van der Waals surface area contributed by atoms with E-state index in [9.17, 15) is 13.2 Å². The van der Waals surface area contributed by atoms with E-state index in [4.69, 9.17) is 31.8 Å². The Morgan fingerprint density at radius 3 is 2.25 bits per heavy atom. The van der Waals surface area contributed by atoms with E-state index in [1.54, 1.807) is 13.8 Å². The van der Waals surface area contributed by atoms with Gasteiger partial charge >= 0.3 is 5.97 Å². The van der Waals surface area contributed by atoms with Crippen LogP contribution < -0.4 is 4.74 Å². The van der Waals surface area contributed by atoms with Crippen molar-refractivity contribution >= 4 is 37.3 Å². The number of carbonyl (C=O) groups excluding carboxylic acids is 1. The smallest absolute Gasteiger partial charge is 0.303 e. The molecule has 0 heterocycles. The fourth-order valence-corrected chi connectivity index (χ4v) is 3.28. The molecule has 0 aliphatic rings. The third-order valence-corrected chi connectivity index (χ3v) is 4.20. The van der Waals surface area contributed by atoms with Crippen LogP contribution in [0.3, 0.4) is 0 Å². The van der Waals surface area contributed by atoms with E-state index in [1.165, 1.54) is 26.2 Å². The summed E-state index contributed by atoms with van der Waals surface area (Å²) in [4.78, 5) is 10.9. The molecule has 1 rings (SSSR count). The van der Waals surface area contributed by atoms with Gasteiger partial charge in [0.2, 0.25) is 0 Å². The highest BCUT2D eigenvalue weighted by molar-refractivity contribution is 8.13. The van der Waals surface area contributed by atoms with Gasteiger partial charge in [-0.1, -0.05) is 11.6 Å². The number of carbonyl (C=O) groups is 1. The number of esters is 1. The Balaban J connectivity index is 3.65. The number of hydrogen-bond donors (Lipinski definition) is 0. The first-order valence-electron chi connectivity index (χ1n) is 5.52. The van der Waals surface area contributed by atoms with Crippen molar-refractivity contribution in [2.45, 2.75) is 31.3 Å². The number of rotatable bonds is 4. The zero-order valence-electron chi connectivity index (χ0n) is 11.4. The predicted molar refractivity (Wildman–Crippen MR) is 75.8 cm³/mol. The van der Waals surface area contributed by atoms with E-state index >= 15 is 0 Å². The second-order valence-electron chi connectivity index (χ2n) is 4.50. The molecule has 0 saturated carbocycles. The summed E-state index contributed by atoms with van der Waals surface area (Å²) in [5.41, 5.74) is -0.940. The number of methoxy groups -OCH3 is 1. The molecule has 112 valence electrons. The zero-order chi connectivity index (χ0) is 15.7. The summed E-state index contributed by atoms with van der Waals surface area (Å²) in [6.07, 6.45) is 0. The lowest BCUT2D eigenvalue weighted by Crippen LogP contribution is -2.26. The molecule has 0 unspecified atom stereocenters. The van der Waals surface area contributed by atoms with Crippen molar-refractivity contribution in [3.63, 3.8) is 0 Å². The van der Waals surface area contributed by atoms with Crippen LogP contribution in [0.4, 0.5) is 0 Å². The van der Waals surface area contributed by atoms with Crippen LogP contribution in [-0.4, -0.2) is 21.5 Å². The van der Waals surface area contributed by atoms with Crippen molar-refractivity contribution in [1.82, 2.24) is 0 Å². The van der Waals surface area contributed by atoms with Crippen molar-refractivity contribution in [2.75, 3.05) is 7.11 Å². The minimum atomic E-state index is -4.03. The standard InChI is InChI=1S/C12H14Cl2O5S/c1-7(15)19-12(2,3)10-8(13)5-6-9(11(10)18-4)20(14,16)17/h5-6H,1-4H3. The minimum absolute atomic E-state index is 0.0428. The third kappa shape index (κ3) is 3.56. The molecule has 0 spiro atoms. The summed E-state index contributed by atoms with van der Waals surface area (Å²) in [6, 6.07) is 2.59. The van der Waals surface area contributed by atoms with Gasteiger partial charge in [0.05, 0.1) is 17.7 Å². The van der Waals surface area contributed by atoms with Gasteiger partial charge in [0.25, 0.3) is 9.05 Å². The number of ether oxygens (including phenoxy) is 2. The van der Waals surface area contributed by atoms with E-state index in [1.807, 2.05) is 0 Å².